The number of unbranched alkanes of at least 4 members (excludes halogenated alkanes) is 3. The van der Waals surface area contributed by atoms with Gasteiger partial charge in [-0.1, -0.05) is 93.4 Å². The van der Waals surface area contributed by atoms with Crippen LogP contribution in [0.15, 0.2) is 72.8 Å². The van der Waals surface area contributed by atoms with E-state index in [1.165, 1.54) is 24.0 Å². The van der Waals surface area contributed by atoms with Crippen molar-refractivity contribution >= 4 is 5.97 Å². The molecule has 0 radical (unpaired) electrons. The van der Waals surface area contributed by atoms with Gasteiger partial charge in [0.1, 0.15) is 0 Å². The lowest BCUT2D eigenvalue weighted by molar-refractivity contribution is -0.132. The predicted octanol–water partition coefficient (Wildman–Crippen LogP) is 5.95. The highest BCUT2D eigenvalue weighted by molar-refractivity contribution is 5.85. The van der Waals surface area contributed by atoms with Crippen LogP contribution in [0, 0.1) is 0 Å². The van der Waals surface area contributed by atoms with Gasteiger partial charge in [0, 0.05) is 5.57 Å². The van der Waals surface area contributed by atoms with Gasteiger partial charge in [-0.15, -0.1) is 0 Å². The lowest BCUT2D eigenvalue weighted by atomic mass is 10.1. The highest BCUT2D eigenvalue weighted by Gasteiger charge is 2.01. The molecule has 2 nitrogen and oxygen atoms in total. The number of carboxylic acid groups (broad SMARTS) is 1. The summed E-state index contributed by atoms with van der Waals surface area (Å²) in [6, 6.07) is 20.8. The summed E-state index contributed by atoms with van der Waals surface area (Å²) in [5.41, 5.74) is 2.89. The number of rotatable bonds is 7. The van der Waals surface area contributed by atoms with Crippen molar-refractivity contribution in [3.05, 3.63) is 72.8 Å². The number of aliphatic carboxylic acids is 1. The van der Waals surface area contributed by atoms with Crippen LogP contribution < -0.4 is 0 Å². The van der Waals surface area contributed by atoms with Crippen molar-refractivity contribution in [2.45, 2.75) is 39.0 Å². The average molecular weight is 310 g/mol. The minimum atomic E-state index is -0.860. The fourth-order valence-electron chi connectivity index (χ4n) is 2.13. The van der Waals surface area contributed by atoms with E-state index in [2.05, 4.69) is 62.0 Å². The SMILES string of the molecule is C=C(CCCCCC)C(=O)O.c1ccc(-c2ccccc2)cc1. The third-order valence-corrected chi connectivity index (χ3v) is 3.52. The maximum atomic E-state index is 10.3. The van der Waals surface area contributed by atoms with E-state index in [1.807, 2.05) is 12.1 Å². The smallest absolute Gasteiger partial charge is 0.330 e. The molecule has 0 aliphatic rings. The third-order valence-electron chi connectivity index (χ3n) is 3.52. The molecule has 0 amide bonds. The van der Waals surface area contributed by atoms with Gasteiger partial charge in [-0.05, 0) is 24.0 Å². The zero-order valence-electron chi connectivity index (χ0n) is 13.9. The molecule has 2 aromatic rings. The summed E-state index contributed by atoms with van der Waals surface area (Å²) in [5.74, 6) is -0.860. The topological polar surface area (TPSA) is 37.3 Å². The second-order valence-electron chi connectivity index (χ2n) is 5.45. The number of carbonyl (C=O) groups is 1. The second kappa shape index (κ2) is 11.2. The summed E-state index contributed by atoms with van der Waals surface area (Å²) >= 11 is 0. The molecule has 122 valence electrons. The molecule has 2 heteroatoms. The fourth-order valence-corrected chi connectivity index (χ4v) is 2.13. The van der Waals surface area contributed by atoms with E-state index >= 15 is 0 Å². The van der Waals surface area contributed by atoms with Crippen molar-refractivity contribution in [3.63, 3.8) is 0 Å². The van der Waals surface area contributed by atoms with Gasteiger partial charge in [-0.3, -0.25) is 0 Å². The predicted molar refractivity (Wildman–Crippen MR) is 97.4 cm³/mol. The number of hydrogen-bond donors (Lipinski definition) is 1. The van der Waals surface area contributed by atoms with E-state index in [0.29, 0.717) is 12.0 Å². The number of benzene rings is 2. The number of hydrogen-bond acceptors (Lipinski definition) is 1. The van der Waals surface area contributed by atoms with E-state index in [0.717, 1.165) is 12.8 Å². The van der Waals surface area contributed by atoms with E-state index in [4.69, 9.17) is 5.11 Å². The molecule has 0 saturated heterocycles. The van der Waals surface area contributed by atoms with Crippen LogP contribution in [0.2, 0.25) is 0 Å². The van der Waals surface area contributed by atoms with Crippen LogP contribution in [0.3, 0.4) is 0 Å². The molecule has 0 saturated carbocycles. The van der Waals surface area contributed by atoms with E-state index in [1.54, 1.807) is 0 Å². The van der Waals surface area contributed by atoms with Crippen molar-refractivity contribution in [2.75, 3.05) is 0 Å². The van der Waals surface area contributed by atoms with Crippen LogP contribution >= 0.6 is 0 Å². The van der Waals surface area contributed by atoms with E-state index in [-0.39, 0.29) is 0 Å². The van der Waals surface area contributed by atoms with Gasteiger partial charge in [0.25, 0.3) is 0 Å². The van der Waals surface area contributed by atoms with E-state index < -0.39 is 5.97 Å². The molecule has 0 atom stereocenters. The van der Waals surface area contributed by atoms with Crippen molar-refractivity contribution in [1.82, 2.24) is 0 Å². The Hall–Kier alpha value is -2.35. The molecule has 0 aromatic heterocycles. The molecule has 2 rings (SSSR count). The van der Waals surface area contributed by atoms with E-state index in [9.17, 15) is 4.79 Å². The maximum Gasteiger partial charge on any atom is 0.330 e. The van der Waals surface area contributed by atoms with Gasteiger partial charge in [0.2, 0.25) is 0 Å². The molecule has 0 heterocycles. The minimum Gasteiger partial charge on any atom is -0.478 e. The Kier molecular flexibility index (Phi) is 9.14. The largest absolute Gasteiger partial charge is 0.478 e. The van der Waals surface area contributed by atoms with Crippen molar-refractivity contribution in [3.8, 4) is 11.1 Å². The van der Waals surface area contributed by atoms with Crippen LogP contribution in [0.4, 0.5) is 0 Å². The van der Waals surface area contributed by atoms with Crippen LogP contribution in [0.5, 0.6) is 0 Å². The van der Waals surface area contributed by atoms with Crippen LogP contribution in [-0.2, 0) is 4.79 Å². The molecule has 0 bridgehead atoms. The average Bonchev–Trinajstić information content (AvgIpc) is 2.60. The Morgan fingerprint density at radius 2 is 1.35 bits per heavy atom. The summed E-state index contributed by atoms with van der Waals surface area (Å²) in [6.45, 7) is 5.58. The molecule has 0 spiro atoms. The third kappa shape index (κ3) is 8.01. The molecular formula is C21H26O2. The Morgan fingerprint density at radius 3 is 1.74 bits per heavy atom. The maximum absolute atomic E-state index is 10.3. The first-order valence-electron chi connectivity index (χ1n) is 8.16. The standard InChI is InChI=1S/C12H10.C9H16O2/c1-3-7-11(8-4-1)12-9-5-2-6-10-12;1-3-4-5-6-7-8(2)9(10)11/h1-10H;2-7H2,1H3,(H,10,11). The van der Waals surface area contributed by atoms with Gasteiger partial charge >= 0.3 is 5.97 Å². The van der Waals surface area contributed by atoms with Gasteiger partial charge in [0.15, 0.2) is 0 Å². The first kappa shape index (κ1) is 18.7. The Morgan fingerprint density at radius 1 is 0.870 bits per heavy atom. The lowest BCUT2D eigenvalue weighted by Crippen LogP contribution is -1.98. The zero-order chi connectivity index (χ0) is 16.9. The van der Waals surface area contributed by atoms with Crippen molar-refractivity contribution < 1.29 is 9.90 Å². The molecule has 2 aromatic carbocycles. The zero-order valence-corrected chi connectivity index (χ0v) is 13.9. The summed E-state index contributed by atoms with van der Waals surface area (Å²) < 4.78 is 0. The lowest BCUT2D eigenvalue weighted by Gasteiger charge is -1.98. The molecule has 0 fully saturated rings. The van der Waals surface area contributed by atoms with Gasteiger partial charge in [-0.25, -0.2) is 4.79 Å². The Bertz CT molecular complexity index is 536. The first-order chi connectivity index (χ1) is 11.1. The Labute approximate surface area is 139 Å². The van der Waals surface area contributed by atoms with Crippen molar-refractivity contribution in [1.29, 1.82) is 0 Å². The minimum absolute atomic E-state index is 0.334. The highest BCUT2D eigenvalue weighted by atomic mass is 16.4. The number of carboxylic acids is 1. The van der Waals surface area contributed by atoms with Gasteiger partial charge in [0.05, 0.1) is 0 Å². The summed E-state index contributed by atoms with van der Waals surface area (Å²) in [7, 11) is 0. The summed E-state index contributed by atoms with van der Waals surface area (Å²) in [6.07, 6.45) is 5.07. The quantitative estimate of drug-likeness (QED) is 0.506. The first-order valence-corrected chi connectivity index (χ1v) is 8.16. The fraction of sp³-hybridized carbons (Fsp3) is 0.286. The molecule has 23 heavy (non-hydrogen) atoms. The monoisotopic (exact) mass is 310 g/mol. The molecule has 0 aliphatic carbocycles. The molecule has 1 N–H and O–H groups in total. The summed E-state index contributed by atoms with van der Waals surface area (Å²) in [4.78, 5) is 10.3. The normalized spacial score (nSPS) is 9.61. The van der Waals surface area contributed by atoms with Crippen LogP contribution in [0.1, 0.15) is 39.0 Å². The van der Waals surface area contributed by atoms with Gasteiger partial charge in [-0.2, -0.15) is 0 Å². The van der Waals surface area contributed by atoms with Gasteiger partial charge < -0.3 is 5.11 Å². The highest BCUT2D eigenvalue weighted by Crippen LogP contribution is 2.17. The van der Waals surface area contributed by atoms with Crippen molar-refractivity contribution in [2.24, 2.45) is 0 Å². The second-order valence-corrected chi connectivity index (χ2v) is 5.45. The molecular weight excluding hydrogens is 284 g/mol. The Balaban J connectivity index is 0.000000232. The van der Waals surface area contributed by atoms with Crippen LogP contribution in [-0.4, -0.2) is 11.1 Å². The molecule has 0 aliphatic heterocycles. The molecule has 0 unspecified atom stereocenters. The van der Waals surface area contributed by atoms with Crippen LogP contribution in [0.25, 0.3) is 11.1 Å². The summed E-state index contributed by atoms with van der Waals surface area (Å²) in [5, 5.41) is 8.44.